The van der Waals surface area contributed by atoms with E-state index in [0.29, 0.717) is 6.61 Å². The average Bonchev–Trinajstić information content (AvgIpc) is 2.30. The van der Waals surface area contributed by atoms with Gasteiger partial charge in [0, 0.05) is 6.21 Å². The van der Waals surface area contributed by atoms with Crippen molar-refractivity contribution in [3.05, 3.63) is 42.0 Å². The molecular weight excluding hydrogens is 186 g/mol. The van der Waals surface area contributed by atoms with Crippen molar-refractivity contribution in [2.75, 3.05) is 0 Å². The second-order valence-electron chi connectivity index (χ2n) is 3.30. The van der Waals surface area contributed by atoms with Crippen molar-refractivity contribution in [3.8, 4) is 0 Å². The fourth-order valence-electron chi connectivity index (χ4n) is 1.10. The van der Waals surface area contributed by atoms with Crippen molar-refractivity contribution in [2.45, 2.75) is 26.4 Å². The molecule has 2 heteroatoms. The van der Waals surface area contributed by atoms with Crippen LogP contribution in [0.5, 0.6) is 0 Å². The lowest BCUT2D eigenvalue weighted by Gasteiger charge is -2.00. The maximum absolute atomic E-state index is 5.14. The maximum Gasteiger partial charge on any atom is 0.142 e. The minimum Gasteiger partial charge on any atom is -0.391 e. The summed E-state index contributed by atoms with van der Waals surface area (Å²) < 4.78 is 0. The smallest absolute Gasteiger partial charge is 0.142 e. The first-order valence-corrected chi connectivity index (χ1v) is 5.22. The van der Waals surface area contributed by atoms with Crippen LogP contribution in [0, 0.1) is 0 Å². The van der Waals surface area contributed by atoms with E-state index in [0.717, 1.165) is 24.0 Å². The predicted octanol–water partition coefficient (Wildman–Crippen LogP) is 3.63. The van der Waals surface area contributed by atoms with Crippen molar-refractivity contribution in [2.24, 2.45) is 5.16 Å². The van der Waals surface area contributed by atoms with Gasteiger partial charge in [-0.1, -0.05) is 55.4 Å². The summed E-state index contributed by atoms with van der Waals surface area (Å²) in [6.45, 7) is 6.34. The monoisotopic (exact) mass is 203 g/mol. The van der Waals surface area contributed by atoms with Crippen molar-refractivity contribution in [1.29, 1.82) is 0 Å². The lowest BCUT2D eigenvalue weighted by molar-refractivity contribution is 0.131. The molecule has 0 aromatic heterocycles. The molecule has 80 valence electrons. The molecule has 0 unspecified atom stereocenters. The Morgan fingerprint density at radius 1 is 1.33 bits per heavy atom. The Morgan fingerprint density at radius 2 is 2.07 bits per heavy atom. The average molecular weight is 203 g/mol. The molecule has 15 heavy (non-hydrogen) atoms. The van der Waals surface area contributed by atoms with Gasteiger partial charge in [0.2, 0.25) is 0 Å². The molecule has 0 aliphatic heterocycles. The second kappa shape index (κ2) is 6.82. The first kappa shape index (κ1) is 11.5. The van der Waals surface area contributed by atoms with Crippen LogP contribution < -0.4 is 0 Å². The van der Waals surface area contributed by atoms with Gasteiger partial charge >= 0.3 is 0 Å². The molecule has 0 saturated carbocycles. The van der Waals surface area contributed by atoms with E-state index in [1.807, 2.05) is 30.3 Å². The molecule has 2 nitrogen and oxygen atoms in total. The van der Waals surface area contributed by atoms with Gasteiger partial charge in [-0.2, -0.15) is 0 Å². The Kier molecular flexibility index (Phi) is 5.23. The minimum absolute atomic E-state index is 0.525. The zero-order chi connectivity index (χ0) is 10.9. The van der Waals surface area contributed by atoms with Crippen LogP contribution in [0.15, 0.2) is 36.0 Å². The van der Waals surface area contributed by atoms with Crippen molar-refractivity contribution in [1.82, 2.24) is 0 Å². The highest BCUT2D eigenvalue weighted by Gasteiger charge is 1.91. The van der Waals surface area contributed by atoms with Crippen LogP contribution in [0.1, 0.15) is 30.9 Å². The molecule has 0 spiro atoms. The van der Waals surface area contributed by atoms with Crippen LogP contribution >= 0.6 is 0 Å². The van der Waals surface area contributed by atoms with Gasteiger partial charge < -0.3 is 4.84 Å². The lowest BCUT2D eigenvalue weighted by atomic mass is 10.1. The van der Waals surface area contributed by atoms with Crippen LogP contribution in [0.25, 0.3) is 6.08 Å². The van der Waals surface area contributed by atoms with Gasteiger partial charge in [-0.15, -0.1) is 0 Å². The largest absolute Gasteiger partial charge is 0.391 e. The summed E-state index contributed by atoms with van der Waals surface area (Å²) in [7, 11) is 0. The van der Waals surface area contributed by atoms with Gasteiger partial charge in [-0.05, 0) is 17.5 Å². The van der Waals surface area contributed by atoms with E-state index in [9.17, 15) is 0 Å². The molecule has 0 heterocycles. The third-order valence-corrected chi connectivity index (χ3v) is 2.01. The lowest BCUT2D eigenvalue weighted by Crippen LogP contribution is -1.87. The van der Waals surface area contributed by atoms with E-state index in [4.69, 9.17) is 4.84 Å². The number of unbranched alkanes of at least 4 members (excludes halogenated alkanes) is 1. The topological polar surface area (TPSA) is 21.6 Å². The van der Waals surface area contributed by atoms with Gasteiger partial charge in [-0.3, -0.25) is 0 Å². The van der Waals surface area contributed by atoms with Crippen molar-refractivity contribution < 1.29 is 4.84 Å². The fourth-order valence-corrected chi connectivity index (χ4v) is 1.10. The summed E-state index contributed by atoms with van der Waals surface area (Å²) in [4.78, 5) is 5.14. The van der Waals surface area contributed by atoms with Crippen LogP contribution in [0.4, 0.5) is 0 Å². The fraction of sp³-hybridized carbons (Fsp3) is 0.308. The molecule has 0 bridgehead atoms. The Balaban J connectivity index is 2.34. The maximum atomic E-state index is 5.14. The second-order valence-corrected chi connectivity index (χ2v) is 3.30. The number of nitrogens with zero attached hydrogens (tertiary/aromatic N) is 1. The summed E-state index contributed by atoms with van der Waals surface area (Å²) >= 11 is 0. The van der Waals surface area contributed by atoms with Crippen LogP contribution in [-0.2, 0) is 11.4 Å². The molecule has 0 saturated heterocycles. The first-order chi connectivity index (χ1) is 7.36. The molecule has 0 aliphatic carbocycles. The molecule has 0 N–H and O–H groups in total. The Labute approximate surface area is 91.3 Å². The number of rotatable bonds is 6. The summed E-state index contributed by atoms with van der Waals surface area (Å²) in [5, 5.41) is 3.85. The first-order valence-electron chi connectivity index (χ1n) is 5.22. The highest BCUT2D eigenvalue weighted by molar-refractivity contribution is 5.55. The van der Waals surface area contributed by atoms with E-state index in [-0.39, 0.29) is 0 Å². The Morgan fingerprint density at radius 3 is 2.67 bits per heavy atom. The Bertz CT molecular complexity index is 314. The number of hydrogen-bond acceptors (Lipinski definition) is 2. The van der Waals surface area contributed by atoms with Crippen molar-refractivity contribution in [3.63, 3.8) is 0 Å². The molecule has 0 radical (unpaired) electrons. The van der Waals surface area contributed by atoms with E-state index in [1.165, 1.54) is 0 Å². The highest BCUT2D eigenvalue weighted by atomic mass is 16.6. The Hall–Kier alpha value is -1.57. The van der Waals surface area contributed by atoms with Gasteiger partial charge in [0.15, 0.2) is 0 Å². The van der Waals surface area contributed by atoms with E-state index < -0.39 is 0 Å². The summed E-state index contributed by atoms with van der Waals surface area (Å²) in [5.74, 6) is 0. The quantitative estimate of drug-likeness (QED) is 0.511. The number of oxime groups is 1. The zero-order valence-electron chi connectivity index (χ0n) is 9.15. The summed E-state index contributed by atoms with van der Waals surface area (Å²) in [6.07, 6.45) is 5.69. The van der Waals surface area contributed by atoms with Crippen molar-refractivity contribution >= 4 is 12.3 Å². The predicted molar refractivity (Wildman–Crippen MR) is 64.7 cm³/mol. The van der Waals surface area contributed by atoms with E-state index >= 15 is 0 Å². The molecule has 0 aliphatic rings. The number of benzene rings is 1. The molecular formula is C13H17NO. The zero-order valence-corrected chi connectivity index (χ0v) is 9.15. The summed E-state index contributed by atoms with van der Waals surface area (Å²) in [6, 6.07) is 8.07. The van der Waals surface area contributed by atoms with Gasteiger partial charge in [0.25, 0.3) is 0 Å². The molecule has 0 atom stereocenters. The molecule has 1 rings (SSSR count). The van der Waals surface area contributed by atoms with E-state index in [1.54, 1.807) is 6.21 Å². The third kappa shape index (κ3) is 4.45. The standard InChI is InChI=1S/C13H17NO/c1-3-5-10-14-15-11-13-8-6-12(4-2)7-9-13/h4,6-10H,2-3,5,11H2,1H3. The summed E-state index contributed by atoms with van der Waals surface area (Å²) in [5.41, 5.74) is 2.24. The van der Waals surface area contributed by atoms with Gasteiger partial charge in [0.1, 0.15) is 6.61 Å². The SMILES string of the molecule is C=Cc1ccc(CON=CCCC)cc1. The van der Waals surface area contributed by atoms with Gasteiger partial charge in [0.05, 0.1) is 0 Å². The molecule has 1 aromatic carbocycles. The van der Waals surface area contributed by atoms with Crippen LogP contribution in [0.3, 0.4) is 0 Å². The third-order valence-electron chi connectivity index (χ3n) is 2.01. The van der Waals surface area contributed by atoms with Gasteiger partial charge in [-0.25, -0.2) is 0 Å². The molecule has 0 fully saturated rings. The molecule has 0 amide bonds. The number of hydrogen-bond donors (Lipinski definition) is 0. The van der Waals surface area contributed by atoms with Crippen LogP contribution in [-0.4, -0.2) is 6.21 Å². The minimum atomic E-state index is 0.525. The van der Waals surface area contributed by atoms with E-state index in [2.05, 4.69) is 18.7 Å². The normalized spacial score (nSPS) is 10.5. The van der Waals surface area contributed by atoms with Crippen LogP contribution in [0.2, 0.25) is 0 Å². The molecule has 1 aromatic rings. The highest BCUT2D eigenvalue weighted by Crippen LogP contribution is 2.06.